The van der Waals surface area contributed by atoms with Crippen molar-refractivity contribution in [3.63, 3.8) is 0 Å². The van der Waals surface area contributed by atoms with E-state index in [1.165, 1.54) is 47.1 Å². The summed E-state index contributed by atoms with van der Waals surface area (Å²) in [7, 11) is 0. The summed E-state index contributed by atoms with van der Waals surface area (Å²) in [6.07, 6.45) is 10.1. The molecule has 0 atom stereocenters. The number of phenolic OH excluding ortho intramolecular Hbond substituents is 1. The molecule has 0 saturated heterocycles. The molecule has 1 heteroatoms. The first-order chi connectivity index (χ1) is 10.1. The molecule has 1 nitrogen and oxygen atoms in total. The molecular weight excluding hydrogens is 256 g/mol. The minimum atomic E-state index is 0.617. The summed E-state index contributed by atoms with van der Waals surface area (Å²) >= 11 is 0. The van der Waals surface area contributed by atoms with E-state index in [1.54, 1.807) is 0 Å². The minimum Gasteiger partial charge on any atom is -0.507 e. The Kier molecular flexibility index (Phi) is 7.85. The van der Waals surface area contributed by atoms with Gasteiger partial charge in [-0.1, -0.05) is 53.4 Å². The molecule has 0 bridgehead atoms. The lowest BCUT2D eigenvalue weighted by Crippen LogP contribution is -2.08. The van der Waals surface area contributed by atoms with Crippen molar-refractivity contribution in [1.82, 2.24) is 0 Å². The molecule has 1 aromatic rings. The Hall–Kier alpha value is -0.980. The van der Waals surface area contributed by atoms with E-state index < -0.39 is 0 Å². The summed E-state index contributed by atoms with van der Waals surface area (Å²) in [5.74, 6) is 0.617. The van der Waals surface area contributed by atoms with Crippen molar-refractivity contribution < 1.29 is 5.11 Å². The molecule has 0 spiro atoms. The third-order valence-electron chi connectivity index (χ3n) is 4.49. The van der Waals surface area contributed by atoms with Crippen LogP contribution in [-0.4, -0.2) is 5.11 Å². The van der Waals surface area contributed by atoms with Crippen molar-refractivity contribution in [1.29, 1.82) is 0 Å². The maximum Gasteiger partial charge on any atom is 0.122 e. The van der Waals surface area contributed by atoms with Crippen LogP contribution in [0, 0.1) is 6.92 Å². The highest BCUT2D eigenvalue weighted by Gasteiger charge is 2.19. The van der Waals surface area contributed by atoms with Crippen LogP contribution in [-0.2, 0) is 25.7 Å². The van der Waals surface area contributed by atoms with Gasteiger partial charge < -0.3 is 5.11 Å². The quantitative estimate of drug-likeness (QED) is 0.600. The van der Waals surface area contributed by atoms with Gasteiger partial charge >= 0.3 is 0 Å². The van der Waals surface area contributed by atoms with Gasteiger partial charge in [-0.2, -0.15) is 0 Å². The van der Waals surface area contributed by atoms with E-state index in [4.69, 9.17) is 0 Å². The first-order valence-electron chi connectivity index (χ1n) is 8.97. The lowest BCUT2D eigenvalue weighted by molar-refractivity contribution is 0.456. The van der Waals surface area contributed by atoms with Gasteiger partial charge in [0.05, 0.1) is 0 Å². The third-order valence-corrected chi connectivity index (χ3v) is 4.49. The van der Waals surface area contributed by atoms with Crippen molar-refractivity contribution in [2.75, 3.05) is 0 Å². The zero-order valence-corrected chi connectivity index (χ0v) is 14.8. The zero-order chi connectivity index (χ0) is 15.8. The Morgan fingerprint density at radius 3 is 1.67 bits per heavy atom. The molecule has 0 aromatic heterocycles. The predicted molar refractivity (Wildman–Crippen MR) is 93.4 cm³/mol. The van der Waals surface area contributed by atoms with E-state index in [0.29, 0.717) is 5.75 Å². The van der Waals surface area contributed by atoms with E-state index in [2.05, 4.69) is 34.6 Å². The highest BCUT2D eigenvalue weighted by Crippen LogP contribution is 2.36. The monoisotopic (exact) mass is 290 g/mol. The van der Waals surface area contributed by atoms with Gasteiger partial charge in [0.1, 0.15) is 5.75 Å². The van der Waals surface area contributed by atoms with Gasteiger partial charge in [-0.3, -0.25) is 0 Å². The molecule has 1 N–H and O–H groups in total. The van der Waals surface area contributed by atoms with Gasteiger partial charge in [0.2, 0.25) is 0 Å². The van der Waals surface area contributed by atoms with Crippen molar-refractivity contribution >= 4 is 0 Å². The van der Waals surface area contributed by atoms with Gasteiger partial charge in [-0.15, -0.1) is 0 Å². The fraction of sp³-hybridized carbons (Fsp3) is 0.700. The zero-order valence-electron chi connectivity index (χ0n) is 14.8. The maximum absolute atomic E-state index is 10.8. The number of aromatic hydroxyl groups is 1. The fourth-order valence-electron chi connectivity index (χ4n) is 3.41. The Balaban J connectivity index is 3.46. The summed E-state index contributed by atoms with van der Waals surface area (Å²) < 4.78 is 0. The number of rotatable bonds is 9. The summed E-state index contributed by atoms with van der Waals surface area (Å²) in [5, 5.41) is 10.8. The molecule has 1 aromatic carbocycles. The van der Waals surface area contributed by atoms with Crippen LogP contribution in [0.25, 0.3) is 0 Å². The predicted octanol–water partition coefficient (Wildman–Crippen LogP) is 5.90. The molecule has 0 amide bonds. The number of benzene rings is 1. The lowest BCUT2D eigenvalue weighted by Gasteiger charge is -2.22. The number of unbranched alkanes of at least 4 members (excludes halogenated alkanes) is 1. The first-order valence-corrected chi connectivity index (χ1v) is 8.97. The molecule has 0 radical (unpaired) electrons. The topological polar surface area (TPSA) is 20.2 Å². The van der Waals surface area contributed by atoms with Crippen LogP contribution in [0.15, 0.2) is 0 Å². The van der Waals surface area contributed by atoms with E-state index in [0.717, 1.165) is 38.5 Å². The van der Waals surface area contributed by atoms with Crippen LogP contribution >= 0.6 is 0 Å². The summed E-state index contributed by atoms with van der Waals surface area (Å²) in [5.41, 5.74) is 6.83. The van der Waals surface area contributed by atoms with Gasteiger partial charge in [0.15, 0.2) is 0 Å². The molecule has 0 heterocycles. The second-order valence-corrected chi connectivity index (χ2v) is 6.24. The summed E-state index contributed by atoms with van der Waals surface area (Å²) in [4.78, 5) is 0. The Labute approximate surface area is 131 Å². The molecule has 0 aliphatic carbocycles. The largest absolute Gasteiger partial charge is 0.507 e. The first kappa shape index (κ1) is 18.1. The summed E-state index contributed by atoms with van der Waals surface area (Å²) in [6.45, 7) is 11.2. The molecule has 1 rings (SSSR count). The number of phenols is 1. The van der Waals surface area contributed by atoms with Crippen molar-refractivity contribution in [3.8, 4) is 5.75 Å². The van der Waals surface area contributed by atoms with Crippen molar-refractivity contribution in [2.24, 2.45) is 0 Å². The Morgan fingerprint density at radius 1 is 0.619 bits per heavy atom. The molecule has 0 unspecified atom stereocenters. The fourth-order valence-corrected chi connectivity index (χ4v) is 3.41. The molecule has 120 valence electrons. The average Bonchev–Trinajstić information content (AvgIpc) is 2.47. The molecule has 0 saturated carbocycles. The van der Waals surface area contributed by atoms with Crippen LogP contribution in [0.5, 0.6) is 5.75 Å². The maximum atomic E-state index is 10.8. The van der Waals surface area contributed by atoms with Crippen molar-refractivity contribution in [2.45, 2.75) is 92.4 Å². The summed E-state index contributed by atoms with van der Waals surface area (Å²) in [6, 6.07) is 0. The van der Waals surface area contributed by atoms with E-state index in [1.807, 2.05) is 0 Å². The van der Waals surface area contributed by atoms with E-state index in [-0.39, 0.29) is 0 Å². The van der Waals surface area contributed by atoms with E-state index in [9.17, 15) is 5.11 Å². The normalized spacial score (nSPS) is 11.1. The second kappa shape index (κ2) is 9.12. The van der Waals surface area contributed by atoms with Gasteiger partial charge in [0.25, 0.3) is 0 Å². The average molecular weight is 290 g/mol. The van der Waals surface area contributed by atoms with E-state index >= 15 is 0 Å². The Morgan fingerprint density at radius 2 is 1.14 bits per heavy atom. The van der Waals surface area contributed by atoms with Crippen LogP contribution in [0.4, 0.5) is 0 Å². The highest BCUT2D eigenvalue weighted by atomic mass is 16.3. The minimum absolute atomic E-state index is 0.617. The molecule has 0 fully saturated rings. The lowest BCUT2D eigenvalue weighted by atomic mass is 9.84. The van der Waals surface area contributed by atoms with Crippen molar-refractivity contribution in [3.05, 3.63) is 27.8 Å². The van der Waals surface area contributed by atoms with Gasteiger partial charge in [-0.25, -0.2) is 0 Å². The SMILES string of the molecule is CCCCc1c(C)c(CCC)c(CCC)c(CCC)c1O. The molecular formula is C20H34O. The molecule has 21 heavy (non-hydrogen) atoms. The standard InChI is InChI=1S/C20H34O/c1-6-10-14-17-15(5)16(11-7-2)18(12-8-3)19(13-9-4)20(17)21/h21H,6-14H2,1-5H3. The number of hydrogen-bond donors (Lipinski definition) is 1. The van der Waals surface area contributed by atoms with Crippen LogP contribution in [0.3, 0.4) is 0 Å². The van der Waals surface area contributed by atoms with Crippen LogP contribution < -0.4 is 0 Å². The number of hydrogen-bond acceptors (Lipinski definition) is 1. The Bertz CT molecular complexity index is 413. The molecule has 0 aliphatic rings. The smallest absolute Gasteiger partial charge is 0.122 e. The van der Waals surface area contributed by atoms with Crippen LogP contribution in [0.1, 0.15) is 87.6 Å². The molecule has 0 aliphatic heterocycles. The van der Waals surface area contributed by atoms with Gasteiger partial charge in [-0.05, 0) is 66.8 Å². The van der Waals surface area contributed by atoms with Gasteiger partial charge in [0, 0.05) is 0 Å². The highest BCUT2D eigenvalue weighted by molar-refractivity contribution is 5.55. The van der Waals surface area contributed by atoms with Crippen LogP contribution in [0.2, 0.25) is 0 Å². The third kappa shape index (κ3) is 4.25. The second-order valence-electron chi connectivity index (χ2n) is 6.24.